The summed E-state index contributed by atoms with van der Waals surface area (Å²) < 4.78 is 20.5. The lowest BCUT2D eigenvalue weighted by Crippen LogP contribution is -2.07. The second-order valence-corrected chi connectivity index (χ2v) is 5.86. The third-order valence-electron chi connectivity index (χ3n) is 3.26. The summed E-state index contributed by atoms with van der Waals surface area (Å²) in [6.45, 7) is 0.870. The minimum atomic E-state index is -0.295. The maximum absolute atomic E-state index is 12.9. The maximum atomic E-state index is 12.9. The third kappa shape index (κ3) is 4.24. The molecule has 0 spiro atoms. The average molecular weight is 351 g/mol. The molecule has 3 rings (SSSR count). The predicted molar refractivity (Wildman–Crippen MR) is 88.5 cm³/mol. The van der Waals surface area contributed by atoms with Gasteiger partial charge in [-0.3, -0.25) is 0 Å². The van der Waals surface area contributed by atoms with Crippen LogP contribution in [0.2, 0.25) is 10.0 Å². The van der Waals surface area contributed by atoms with E-state index in [2.05, 4.69) is 4.98 Å². The number of hydrogen-bond acceptors (Lipinski definition) is 2. The quantitative estimate of drug-likeness (QED) is 0.650. The highest BCUT2D eigenvalue weighted by molar-refractivity contribution is 6.34. The molecule has 2 aromatic carbocycles. The number of nitrogens with zero attached hydrogens (tertiary/aromatic N) is 2. The standard InChI is InChI=1S/C17H13Cl2FN2O/c18-13-7-12(8-14(19)9-13)10-22-6-5-21-17(22)11-23-16-3-1-15(20)2-4-16/h1-9H,10-11H2. The fourth-order valence-corrected chi connectivity index (χ4v) is 2.77. The Morgan fingerprint density at radius 2 is 1.74 bits per heavy atom. The third-order valence-corrected chi connectivity index (χ3v) is 3.69. The molecule has 0 atom stereocenters. The van der Waals surface area contributed by atoms with Crippen LogP contribution in [0.4, 0.5) is 4.39 Å². The Bertz CT molecular complexity index is 782. The van der Waals surface area contributed by atoms with Crippen LogP contribution >= 0.6 is 23.2 Å². The highest BCUT2D eigenvalue weighted by Gasteiger charge is 2.06. The van der Waals surface area contributed by atoms with Crippen LogP contribution in [0.3, 0.4) is 0 Å². The first-order valence-electron chi connectivity index (χ1n) is 6.93. The van der Waals surface area contributed by atoms with Crippen molar-refractivity contribution >= 4 is 23.2 Å². The molecule has 0 fully saturated rings. The van der Waals surface area contributed by atoms with Crippen molar-refractivity contribution < 1.29 is 9.13 Å². The van der Waals surface area contributed by atoms with Crippen LogP contribution in [0.5, 0.6) is 5.75 Å². The van der Waals surface area contributed by atoms with E-state index in [-0.39, 0.29) is 12.4 Å². The van der Waals surface area contributed by atoms with E-state index < -0.39 is 0 Å². The lowest BCUT2D eigenvalue weighted by Gasteiger charge is -2.10. The fourth-order valence-electron chi connectivity index (χ4n) is 2.20. The minimum Gasteiger partial charge on any atom is -0.486 e. The molecule has 0 amide bonds. The smallest absolute Gasteiger partial charge is 0.147 e. The van der Waals surface area contributed by atoms with Gasteiger partial charge in [0.2, 0.25) is 0 Å². The van der Waals surface area contributed by atoms with Crippen LogP contribution in [0.15, 0.2) is 54.9 Å². The molecule has 0 N–H and O–H groups in total. The molecule has 0 unspecified atom stereocenters. The molecular formula is C17H13Cl2FN2O. The Balaban J connectivity index is 1.70. The van der Waals surface area contributed by atoms with E-state index in [1.54, 1.807) is 24.4 Å². The normalized spacial score (nSPS) is 10.7. The van der Waals surface area contributed by atoms with Crippen LogP contribution in [-0.2, 0) is 13.2 Å². The maximum Gasteiger partial charge on any atom is 0.147 e. The first-order valence-corrected chi connectivity index (χ1v) is 7.69. The molecule has 6 heteroatoms. The molecule has 1 aromatic heterocycles. The summed E-state index contributed by atoms with van der Waals surface area (Å²) in [5.41, 5.74) is 0.975. The molecule has 0 saturated carbocycles. The van der Waals surface area contributed by atoms with Crippen LogP contribution in [0, 0.1) is 5.82 Å². The largest absolute Gasteiger partial charge is 0.486 e. The van der Waals surface area contributed by atoms with Crippen LogP contribution < -0.4 is 4.74 Å². The van der Waals surface area contributed by atoms with Gasteiger partial charge in [-0.2, -0.15) is 0 Å². The Kier molecular flexibility index (Phi) is 4.84. The van der Waals surface area contributed by atoms with Crippen LogP contribution in [0.1, 0.15) is 11.4 Å². The van der Waals surface area contributed by atoms with Crippen LogP contribution in [0.25, 0.3) is 0 Å². The summed E-state index contributed by atoms with van der Waals surface area (Å²) >= 11 is 12.0. The van der Waals surface area contributed by atoms with Gasteiger partial charge in [-0.25, -0.2) is 9.37 Å². The molecule has 118 valence electrons. The van der Waals surface area contributed by atoms with Crippen molar-refractivity contribution in [1.82, 2.24) is 9.55 Å². The Hall–Kier alpha value is -2.04. The second kappa shape index (κ2) is 7.02. The van der Waals surface area contributed by atoms with E-state index in [1.165, 1.54) is 12.1 Å². The molecular weight excluding hydrogens is 338 g/mol. The molecule has 3 nitrogen and oxygen atoms in total. The zero-order valence-corrected chi connectivity index (χ0v) is 13.6. The van der Waals surface area contributed by atoms with Gasteiger partial charge in [-0.15, -0.1) is 0 Å². The molecule has 0 aliphatic carbocycles. The highest BCUT2D eigenvalue weighted by Crippen LogP contribution is 2.20. The van der Waals surface area contributed by atoms with Gasteiger partial charge >= 0.3 is 0 Å². The molecule has 3 aromatic rings. The lowest BCUT2D eigenvalue weighted by atomic mass is 10.2. The topological polar surface area (TPSA) is 27.1 Å². The molecule has 0 aliphatic heterocycles. The number of aromatic nitrogens is 2. The van der Waals surface area contributed by atoms with Crippen molar-refractivity contribution in [2.75, 3.05) is 0 Å². The number of ether oxygens (including phenoxy) is 1. The average Bonchev–Trinajstić information content (AvgIpc) is 2.93. The number of imidazole rings is 1. The molecule has 0 aliphatic rings. The number of benzene rings is 2. The Morgan fingerprint density at radius 3 is 2.43 bits per heavy atom. The van der Waals surface area contributed by atoms with Crippen LogP contribution in [-0.4, -0.2) is 9.55 Å². The number of rotatable bonds is 5. The highest BCUT2D eigenvalue weighted by atomic mass is 35.5. The summed E-state index contributed by atoms with van der Waals surface area (Å²) in [7, 11) is 0. The SMILES string of the molecule is Fc1ccc(OCc2nccn2Cc2cc(Cl)cc(Cl)c2)cc1. The van der Waals surface area contributed by atoms with Crippen molar-refractivity contribution in [2.24, 2.45) is 0 Å². The minimum absolute atomic E-state index is 0.285. The first-order chi connectivity index (χ1) is 11.1. The van der Waals surface area contributed by atoms with Gasteiger partial charge < -0.3 is 9.30 Å². The van der Waals surface area contributed by atoms with Gasteiger partial charge in [0.15, 0.2) is 0 Å². The van der Waals surface area contributed by atoms with E-state index in [4.69, 9.17) is 27.9 Å². The van der Waals surface area contributed by atoms with Gasteiger partial charge in [-0.1, -0.05) is 23.2 Å². The fraction of sp³-hybridized carbons (Fsp3) is 0.118. The zero-order valence-electron chi connectivity index (χ0n) is 12.0. The molecule has 1 heterocycles. The second-order valence-electron chi connectivity index (χ2n) is 4.99. The summed E-state index contributed by atoms with van der Waals surface area (Å²) in [5.74, 6) is 1.05. The van der Waals surface area contributed by atoms with Crippen molar-refractivity contribution in [3.8, 4) is 5.75 Å². The van der Waals surface area contributed by atoms with Gasteiger partial charge in [0.1, 0.15) is 24.0 Å². The van der Waals surface area contributed by atoms with Gasteiger partial charge in [-0.05, 0) is 48.0 Å². The van der Waals surface area contributed by atoms with E-state index in [0.717, 1.165) is 11.4 Å². The van der Waals surface area contributed by atoms with Crippen molar-refractivity contribution in [3.05, 3.63) is 82.1 Å². The number of hydrogen-bond donors (Lipinski definition) is 0. The monoisotopic (exact) mass is 350 g/mol. The molecule has 0 radical (unpaired) electrons. The molecule has 23 heavy (non-hydrogen) atoms. The van der Waals surface area contributed by atoms with E-state index >= 15 is 0 Å². The van der Waals surface area contributed by atoms with E-state index in [9.17, 15) is 4.39 Å². The number of halogens is 3. The molecule has 0 saturated heterocycles. The van der Waals surface area contributed by atoms with Crippen molar-refractivity contribution in [3.63, 3.8) is 0 Å². The summed E-state index contributed by atoms with van der Waals surface area (Å²) in [5, 5.41) is 1.19. The molecule has 0 bridgehead atoms. The Morgan fingerprint density at radius 1 is 1.04 bits per heavy atom. The van der Waals surface area contributed by atoms with Crippen molar-refractivity contribution in [1.29, 1.82) is 0 Å². The zero-order chi connectivity index (χ0) is 16.2. The van der Waals surface area contributed by atoms with E-state index in [0.29, 0.717) is 22.3 Å². The summed E-state index contributed by atoms with van der Waals surface area (Å²) in [6, 6.07) is 11.3. The summed E-state index contributed by atoms with van der Waals surface area (Å²) in [4.78, 5) is 4.29. The van der Waals surface area contributed by atoms with Gasteiger partial charge in [0, 0.05) is 29.0 Å². The van der Waals surface area contributed by atoms with Gasteiger partial charge in [0.25, 0.3) is 0 Å². The van der Waals surface area contributed by atoms with E-state index in [1.807, 2.05) is 22.9 Å². The van der Waals surface area contributed by atoms with Gasteiger partial charge in [0.05, 0.1) is 0 Å². The Labute approximate surface area is 143 Å². The summed E-state index contributed by atoms with van der Waals surface area (Å²) in [6.07, 6.45) is 3.56. The lowest BCUT2D eigenvalue weighted by molar-refractivity contribution is 0.290. The van der Waals surface area contributed by atoms with Crippen molar-refractivity contribution in [2.45, 2.75) is 13.2 Å². The predicted octanol–water partition coefficient (Wildman–Crippen LogP) is 4.96. The first kappa shape index (κ1) is 15.8.